The molecule has 0 aliphatic carbocycles. The second-order valence-electron chi connectivity index (χ2n) is 7.75. The van der Waals surface area contributed by atoms with E-state index >= 15 is 0 Å². The van der Waals surface area contributed by atoms with Gasteiger partial charge in [0.15, 0.2) is 0 Å². The maximum absolute atomic E-state index is 13.1. The molecule has 0 spiro atoms. The monoisotopic (exact) mass is 501 g/mol. The predicted octanol–water partition coefficient (Wildman–Crippen LogP) is 5.46. The van der Waals surface area contributed by atoms with Crippen molar-refractivity contribution in [2.75, 3.05) is 31.5 Å². The molecule has 3 aromatic carbocycles. The molecular formula is C25H22Cl3N3O2. The number of amides is 2. The number of benzene rings is 3. The summed E-state index contributed by atoms with van der Waals surface area (Å²) in [4.78, 5) is 27.2. The molecule has 3 aromatic rings. The van der Waals surface area contributed by atoms with Crippen LogP contribution in [-0.4, -0.2) is 42.9 Å². The molecule has 0 saturated carbocycles. The Morgan fingerprint density at radius 3 is 2.33 bits per heavy atom. The summed E-state index contributed by atoms with van der Waals surface area (Å²) in [6, 6.07) is 20.4. The van der Waals surface area contributed by atoms with Crippen molar-refractivity contribution >= 4 is 52.3 Å². The third-order valence-corrected chi connectivity index (χ3v) is 6.46. The molecule has 2 N–H and O–H groups in total. The molecule has 1 aliphatic heterocycles. The van der Waals surface area contributed by atoms with Gasteiger partial charge in [-0.05, 0) is 41.5 Å². The Labute approximate surface area is 207 Å². The SMILES string of the molecule is O=C(CN1CC(c2ccc(Cl)cc2)c2ccccc2C1=O)NCCNc1c(Cl)cccc1Cl. The second kappa shape index (κ2) is 10.5. The van der Waals surface area contributed by atoms with E-state index in [4.69, 9.17) is 34.8 Å². The van der Waals surface area contributed by atoms with Gasteiger partial charge in [-0.3, -0.25) is 9.59 Å². The van der Waals surface area contributed by atoms with Gasteiger partial charge in [-0.1, -0.05) is 71.2 Å². The fraction of sp³-hybridized carbons (Fsp3) is 0.200. The number of halogens is 3. The molecule has 5 nitrogen and oxygen atoms in total. The zero-order valence-corrected chi connectivity index (χ0v) is 19.9. The van der Waals surface area contributed by atoms with Crippen LogP contribution in [-0.2, 0) is 4.79 Å². The fourth-order valence-electron chi connectivity index (χ4n) is 3.97. The summed E-state index contributed by atoms with van der Waals surface area (Å²) in [6.45, 7) is 1.20. The number of nitrogens with one attached hydrogen (secondary N) is 2. The van der Waals surface area contributed by atoms with Gasteiger partial charge in [0.1, 0.15) is 0 Å². The van der Waals surface area contributed by atoms with E-state index in [0.29, 0.717) is 46.0 Å². The van der Waals surface area contributed by atoms with Gasteiger partial charge in [-0.15, -0.1) is 0 Å². The van der Waals surface area contributed by atoms with Gasteiger partial charge in [-0.2, -0.15) is 0 Å². The number of para-hydroxylation sites is 1. The second-order valence-corrected chi connectivity index (χ2v) is 9.00. The van der Waals surface area contributed by atoms with Crippen LogP contribution >= 0.6 is 34.8 Å². The van der Waals surface area contributed by atoms with Gasteiger partial charge in [0.05, 0.1) is 22.3 Å². The molecule has 0 saturated heterocycles. The summed E-state index contributed by atoms with van der Waals surface area (Å²) < 4.78 is 0. The number of nitrogens with zero attached hydrogens (tertiary/aromatic N) is 1. The minimum absolute atomic E-state index is 0.0237. The van der Waals surface area contributed by atoms with E-state index in [-0.39, 0.29) is 24.3 Å². The first-order chi connectivity index (χ1) is 15.9. The van der Waals surface area contributed by atoms with E-state index in [0.717, 1.165) is 11.1 Å². The Morgan fingerprint density at radius 2 is 1.61 bits per heavy atom. The van der Waals surface area contributed by atoms with Crippen molar-refractivity contribution in [2.45, 2.75) is 5.92 Å². The molecule has 0 aromatic heterocycles. The average molecular weight is 503 g/mol. The highest BCUT2D eigenvalue weighted by Gasteiger charge is 2.32. The highest BCUT2D eigenvalue weighted by atomic mass is 35.5. The van der Waals surface area contributed by atoms with Crippen LogP contribution in [0.15, 0.2) is 66.7 Å². The Kier molecular flexibility index (Phi) is 7.43. The molecule has 1 unspecified atom stereocenters. The minimum Gasteiger partial charge on any atom is -0.381 e. The normalized spacial score (nSPS) is 15.2. The standard InChI is InChI=1S/C25H22Cl3N3O2/c26-17-10-8-16(9-11-17)20-14-31(25(33)19-5-2-1-4-18(19)20)15-23(32)29-12-13-30-24-21(27)6-3-7-22(24)28/h1-11,20,30H,12-15H2,(H,29,32). The van der Waals surface area contributed by atoms with Crippen LogP contribution in [0.25, 0.3) is 0 Å². The van der Waals surface area contributed by atoms with Crippen LogP contribution in [0.5, 0.6) is 0 Å². The first kappa shape index (κ1) is 23.4. The first-order valence-electron chi connectivity index (χ1n) is 10.5. The summed E-state index contributed by atoms with van der Waals surface area (Å²) in [7, 11) is 0. The van der Waals surface area contributed by atoms with Gasteiger partial charge in [0, 0.05) is 36.1 Å². The molecular weight excluding hydrogens is 481 g/mol. The van der Waals surface area contributed by atoms with E-state index < -0.39 is 0 Å². The number of rotatable bonds is 7. The maximum atomic E-state index is 13.1. The zero-order valence-electron chi connectivity index (χ0n) is 17.7. The topological polar surface area (TPSA) is 61.4 Å². The smallest absolute Gasteiger partial charge is 0.254 e. The lowest BCUT2D eigenvalue weighted by Crippen LogP contribution is -2.46. The molecule has 1 heterocycles. The van der Waals surface area contributed by atoms with Crippen LogP contribution < -0.4 is 10.6 Å². The summed E-state index contributed by atoms with van der Waals surface area (Å²) >= 11 is 18.3. The van der Waals surface area contributed by atoms with Gasteiger partial charge < -0.3 is 15.5 Å². The van der Waals surface area contributed by atoms with E-state index in [1.807, 2.05) is 48.5 Å². The number of fused-ring (bicyclic) bond motifs is 1. The highest BCUT2D eigenvalue weighted by Crippen LogP contribution is 2.34. The average Bonchev–Trinajstić information content (AvgIpc) is 2.81. The molecule has 1 atom stereocenters. The van der Waals surface area contributed by atoms with Gasteiger partial charge in [0.25, 0.3) is 5.91 Å². The van der Waals surface area contributed by atoms with Gasteiger partial charge in [-0.25, -0.2) is 0 Å². The van der Waals surface area contributed by atoms with Crippen LogP contribution in [0, 0.1) is 0 Å². The van der Waals surface area contributed by atoms with E-state index in [2.05, 4.69) is 10.6 Å². The van der Waals surface area contributed by atoms with Gasteiger partial charge in [0.2, 0.25) is 5.91 Å². The van der Waals surface area contributed by atoms with Gasteiger partial charge >= 0.3 is 0 Å². The molecule has 33 heavy (non-hydrogen) atoms. The Morgan fingerprint density at radius 1 is 0.909 bits per heavy atom. The number of hydrogen-bond acceptors (Lipinski definition) is 3. The number of carbonyl (C=O) groups excluding carboxylic acids is 2. The molecule has 8 heteroatoms. The lowest BCUT2D eigenvalue weighted by atomic mass is 9.84. The van der Waals surface area contributed by atoms with E-state index in [1.165, 1.54) is 0 Å². The van der Waals surface area contributed by atoms with Crippen molar-refractivity contribution < 1.29 is 9.59 Å². The zero-order chi connectivity index (χ0) is 23.4. The van der Waals surface area contributed by atoms with Crippen LogP contribution in [0.2, 0.25) is 15.1 Å². The van der Waals surface area contributed by atoms with Crippen molar-refractivity contribution in [1.82, 2.24) is 10.2 Å². The predicted molar refractivity (Wildman–Crippen MR) is 134 cm³/mol. The van der Waals surface area contributed by atoms with Crippen molar-refractivity contribution in [3.05, 3.63) is 98.5 Å². The van der Waals surface area contributed by atoms with Crippen LogP contribution in [0.4, 0.5) is 5.69 Å². The lowest BCUT2D eigenvalue weighted by molar-refractivity contribution is -0.121. The molecule has 4 rings (SSSR count). The lowest BCUT2D eigenvalue weighted by Gasteiger charge is -2.34. The third-order valence-electron chi connectivity index (χ3n) is 5.58. The number of anilines is 1. The molecule has 2 amide bonds. The van der Waals surface area contributed by atoms with Crippen LogP contribution in [0.3, 0.4) is 0 Å². The van der Waals surface area contributed by atoms with Crippen molar-refractivity contribution in [1.29, 1.82) is 0 Å². The molecule has 1 aliphatic rings. The summed E-state index contributed by atoms with van der Waals surface area (Å²) in [5.74, 6) is -0.412. The Balaban J connectivity index is 1.39. The largest absolute Gasteiger partial charge is 0.381 e. The molecule has 0 bridgehead atoms. The Hall–Kier alpha value is -2.73. The maximum Gasteiger partial charge on any atom is 0.254 e. The van der Waals surface area contributed by atoms with Crippen molar-refractivity contribution in [3.63, 3.8) is 0 Å². The first-order valence-corrected chi connectivity index (χ1v) is 11.7. The number of carbonyl (C=O) groups is 2. The quantitative estimate of drug-likeness (QED) is 0.422. The Bertz CT molecular complexity index is 1150. The third kappa shape index (κ3) is 5.44. The van der Waals surface area contributed by atoms with Crippen molar-refractivity contribution in [3.8, 4) is 0 Å². The highest BCUT2D eigenvalue weighted by molar-refractivity contribution is 6.39. The fourth-order valence-corrected chi connectivity index (χ4v) is 4.63. The van der Waals surface area contributed by atoms with E-state index in [1.54, 1.807) is 23.1 Å². The molecule has 0 fully saturated rings. The summed E-state index contributed by atoms with van der Waals surface area (Å²) in [5.41, 5.74) is 3.25. The summed E-state index contributed by atoms with van der Waals surface area (Å²) in [5, 5.41) is 7.65. The van der Waals surface area contributed by atoms with Crippen molar-refractivity contribution in [2.24, 2.45) is 0 Å². The van der Waals surface area contributed by atoms with Crippen LogP contribution in [0.1, 0.15) is 27.4 Å². The minimum atomic E-state index is -0.232. The number of hydrogen-bond donors (Lipinski definition) is 2. The van der Waals surface area contributed by atoms with E-state index in [9.17, 15) is 9.59 Å². The molecule has 0 radical (unpaired) electrons. The summed E-state index contributed by atoms with van der Waals surface area (Å²) in [6.07, 6.45) is 0. The molecule has 170 valence electrons.